The summed E-state index contributed by atoms with van der Waals surface area (Å²) >= 11 is 3.46. The van der Waals surface area contributed by atoms with Crippen LogP contribution in [0.2, 0.25) is 0 Å². The van der Waals surface area contributed by atoms with E-state index >= 15 is 0 Å². The molecule has 0 bridgehead atoms. The molecule has 2 heterocycles. The standard InChI is InChI=1S/C29H30BrFN2O6S/c30-25-12-13-26(38-19-18-32-15-2-1-3-16-32)24-14-17-33(28(27(24)25)29(34)35)40(36,37)23-10-8-22(9-11-23)39-21-6-4-20(31)5-7-21/h4-13,28H,1-3,14-19H2,(H,34,35). The molecule has 0 aliphatic carbocycles. The van der Waals surface area contributed by atoms with E-state index in [0.29, 0.717) is 45.9 Å². The minimum atomic E-state index is -4.18. The molecule has 5 rings (SSSR count). The Balaban J connectivity index is 1.36. The molecule has 11 heteroatoms. The first kappa shape index (κ1) is 28.5. The molecule has 0 saturated carbocycles. The van der Waals surface area contributed by atoms with Crippen molar-refractivity contribution in [1.82, 2.24) is 9.21 Å². The third-order valence-electron chi connectivity index (χ3n) is 7.23. The zero-order chi connectivity index (χ0) is 28.3. The van der Waals surface area contributed by atoms with E-state index < -0.39 is 27.9 Å². The number of hydrogen-bond donors (Lipinski definition) is 1. The maximum Gasteiger partial charge on any atom is 0.326 e. The Labute approximate surface area is 241 Å². The number of rotatable bonds is 9. The highest BCUT2D eigenvalue weighted by Crippen LogP contribution is 2.42. The fourth-order valence-corrected chi connectivity index (χ4v) is 7.37. The second-order valence-corrected chi connectivity index (χ2v) is 12.6. The Hall–Kier alpha value is -2.99. The highest BCUT2D eigenvalue weighted by Gasteiger charge is 2.43. The lowest BCUT2D eigenvalue weighted by atomic mass is 9.93. The number of benzene rings is 3. The first-order chi connectivity index (χ1) is 19.2. The fraction of sp³-hybridized carbons (Fsp3) is 0.345. The van der Waals surface area contributed by atoms with E-state index in [1.807, 2.05) is 6.07 Å². The van der Waals surface area contributed by atoms with Crippen molar-refractivity contribution in [2.75, 3.05) is 32.8 Å². The van der Waals surface area contributed by atoms with Gasteiger partial charge in [-0.15, -0.1) is 0 Å². The Morgan fingerprint density at radius 3 is 2.25 bits per heavy atom. The summed E-state index contributed by atoms with van der Waals surface area (Å²) in [6.45, 7) is 3.35. The van der Waals surface area contributed by atoms with Crippen LogP contribution in [0.25, 0.3) is 0 Å². The molecular weight excluding hydrogens is 603 g/mol. The molecule has 1 saturated heterocycles. The lowest BCUT2D eigenvalue weighted by Gasteiger charge is -2.35. The van der Waals surface area contributed by atoms with E-state index in [1.165, 1.54) is 67.8 Å². The van der Waals surface area contributed by atoms with Crippen LogP contribution in [0.5, 0.6) is 17.2 Å². The fourth-order valence-electron chi connectivity index (χ4n) is 5.23. The highest BCUT2D eigenvalue weighted by atomic mass is 79.9. The van der Waals surface area contributed by atoms with Gasteiger partial charge in [0.2, 0.25) is 10.0 Å². The quantitative estimate of drug-likeness (QED) is 0.327. The van der Waals surface area contributed by atoms with E-state index in [9.17, 15) is 22.7 Å². The smallest absolute Gasteiger partial charge is 0.326 e. The van der Waals surface area contributed by atoms with E-state index in [0.717, 1.165) is 23.9 Å². The maximum atomic E-state index is 13.7. The maximum absolute atomic E-state index is 13.7. The van der Waals surface area contributed by atoms with Gasteiger partial charge in [-0.1, -0.05) is 22.4 Å². The first-order valence-corrected chi connectivity index (χ1v) is 15.4. The SMILES string of the molecule is O=C(O)C1c2c(Br)ccc(OCCN3CCCCC3)c2CCN1S(=O)(=O)c1ccc(Oc2ccc(F)cc2)cc1. The number of ether oxygens (including phenoxy) is 2. The van der Waals surface area contributed by atoms with Crippen LogP contribution in [-0.2, 0) is 21.2 Å². The molecule has 1 atom stereocenters. The summed E-state index contributed by atoms with van der Waals surface area (Å²) in [5.74, 6) is -0.326. The molecule has 2 aliphatic rings. The average Bonchev–Trinajstić information content (AvgIpc) is 2.95. The Morgan fingerprint density at radius 1 is 0.950 bits per heavy atom. The summed E-state index contributed by atoms with van der Waals surface area (Å²) in [4.78, 5) is 14.9. The molecule has 1 unspecified atom stereocenters. The highest BCUT2D eigenvalue weighted by molar-refractivity contribution is 9.10. The van der Waals surface area contributed by atoms with Gasteiger partial charge in [-0.3, -0.25) is 9.69 Å². The predicted octanol–water partition coefficient (Wildman–Crippen LogP) is 5.62. The molecule has 3 aromatic rings. The van der Waals surface area contributed by atoms with Crippen LogP contribution in [-0.4, -0.2) is 61.5 Å². The van der Waals surface area contributed by atoms with Gasteiger partial charge in [0.1, 0.15) is 35.7 Å². The molecule has 0 radical (unpaired) electrons. The van der Waals surface area contributed by atoms with Crippen molar-refractivity contribution < 1.29 is 32.2 Å². The average molecular weight is 634 g/mol. The number of likely N-dealkylation sites (tertiary alicyclic amines) is 1. The molecular formula is C29H30BrFN2O6S. The van der Waals surface area contributed by atoms with Crippen LogP contribution in [0, 0.1) is 5.82 Å². The molecule has 8 nitrogen and oxygen atoms in total. The number of sulfonamides is 1. The number of piperidine rings is 1. The minimum absolute atomic E-state index is 0.0148. The summed E-state index contributed by atoms with van der Waals surface area (Å²) in [5, 5.41) is 10.2. The first-order valence-electron chi connectivity index (χ1n) is 13.2. The van der Waals surface area contributed by atoms with Crippen molar-refractivity contribution in [3.8, 4) is 17.2 Å². The van der Waals surface area contributed by atoms with Crippen LogP contribution in [0.1, 0.15) is 36.4 Å². The van der Waals surface area contributed by atoms with Crippen LogP contribution >= 0.6 is 15.9 Å². The van der Waals surface area contributed by atoms with Crippen molar-refractivity contribution in [2.45, 2.75) is 36.6 Å². The zero-order valence-electron chi connectivity index (χ0n) is 21.8. The van der Waals surface area contributed by atoms with E-state index in [2.05, 4.69) is 20.8 Å². The number of halogens is 2. The Bertz CT molecular complexity index is 1460. The third-order valence-corrected chi connectivity index (χ3v) is 9.80. The topological polar surface area (TPSA) is 96.4 Å². The number of aliphatic carboxylic acids is 1. The Kier molecular flexibility index (Phi) is 8.74. The van der Waals surface area contributed by atoms with Gasteiger partial charge in [-0.2, -0.15) is 4.31 Å². The minimum Gasteiger partial charge on any atom is -0.492 e. The number of carboxylic acids is 1. The normalized spacial score (nSPS) is 18.2. The molecule has 2 aliphatic heterocycles. The van der Waals surface area contributed by atoms with Gasteiger partial charge in [0, 0.05) is 28.7 Å². The lowest BCUT2D eigenvalue weighted by Crippen LogP contribution is -2.43. The second kappa shape index (κ2) is 12.3. The molecule has 3 aromatic carbocycles. The molecule has 0 spiro atoms. The number of carboxylic acid groups (broad SMARTS) is 1. The second-order valence-electron chi connectivity index (χ2n) is 9.82. The van der Waals surface area contributed by atoms with Crippen molar-refractivity contribution in [1.29, 1.82) is 0 Å². The van der Waals surface area contributed by atoms with Crippen LogP contribution < -0.4 is 9.47 Å². The Morgan fingerprint density at radius 2 is 1.60 bits per heavy atom. The summed E-state index contributed by atoms with van der Waals surface area (Å²) < 4.78 is 53.8. The summed E-state index contributed by atoms with van der Waals surface area (Å²) in [5.41, 5.74) is 1.09. The molecule has 40 heavy (non-hydrogen) atoms. The monoisotopic (exact) mass is 632 g/mol. The van der Waals surface area contributed by atoms with Gasteiger partial charge in [0.05, 0.1) is 4.90 Å². The van der Waals surface area contributed by atoms with Crippen molar-refractivity contribution in [3.05, 3.63) is 82.1 Å². The molecule has 0 amide bonds. The largest absolute Gasteiger partial charge is 0.492 e. The van der Waals surface area contributed by atoms with Gasteiger partial charge >= 0.3 is 5.97 Å². The molecule has 1 N–H and O–H groups in total. The molecule has 212 valence electrons. The van der Waals surface area contributed by atoms with E-state index in [-0.39, 0.29) is 11.4 Å². The zero-order valence-corrected chi connectivity index (χ0v) is 24.2. The number of hydrogen-bond acceptors (Lipinski definition) is 6. The van der Waals surface area contributed by atoms with Crippen molar-refractivity contribution in [2.24, 2.45) is 0 Å². The van der Waals surface area contributed by atoms with Crippen LogP contribution in [0.4, 0.5) is 4.39 Å². The van der Waals surface area contributed by atoms with Crippen molar-refractivity contribution >= 4 is 31.9 Å². The third kappa shape index (κ3) is 6.17. The van der Waals surface area contributed by atoms with Crippen molar-refractivity contribution in [3.63, 3.8) is 0 Å². The van der Waals surface area contributed by atoms with Crippen LogP contribution in [0.3, 0.4) is 0 Å². The van der Waals surface area contributed by atoms with Crippen LogP contribution in [0.15, 0.2) is 70.0 Å². The van der Waals surface area contributed by atoms with Gasteiger partial charge < -0.3 is 14.6 Å². The van der Waals surface area contributed by atoms with Gasteiger partial charge in [-0.25, -0.2) is 12.8 Å². The summed E-state index contributed by atoms with van der Waals surface area (Å²) in [6.07, 6.45) is 3.93. The van der Waals surface area contributed by atoms with E-state index in [4.69, 9.17) is 9.47 Å². The van der Waals surface area contributed by atoms with Gasteiger partial charge in [-0.05, 0) is 93.0 Å². The predicted molar refractivity (Wildman–Crippen MR) is 151 cm³/mol. The number of carbonyl (C=O) groups is 1. The number of nitrogens with zero attached hydrogens (tertiary/aromatic N) is 2. The summed E-state index contributed by atoms with van der Waals surface area (Å²) in [6, 6.07) is 13.2. The number of fused-ring (bicyclic) bond motifs is 1. The summed E-state index contributed by atoms with van der Waals surface area (Å²) in [7, 11) is -4.18. The molecule has 0 aromatic heterocycles. The molecule has 1 fully saturated rings. The van der Waals surface area contributed by atoms with E-state index in [1.54, 1.807) is 6.07 Å². The lowest BCUT2D eigenvalue weighted by molar-refractivity contribution is -0.142. The van der Waals surface area contributed by atoms with Gasteiger partial charge in [0.25, 0.3) is 0 Å². The van der Waals surface area contributed by atoms with Gasteiger partial charge in [0.15, 0.2) is 0 Å².